The van der Waals surface area contributed by atoms with Gasteiger partial charge in [0.2, 0.25) is 0 Å². The summed E-state index contributed by atoms with van der Waals surface area (Å²) >= 11 is 5.42. The van der Waals surface area contributed by atoms with Gasteiger partial charge in [-0.25, -0.2) is 0 Å². The molecule has 10 nitrogen and oxygen atoms in total. The van der Waals surface area contributed by atoms with Gasteiger partial charge in [0.05, 0.1) is 18.1 Å². The first-order valence-corrected chi connectivity index (χ1v) is 10.4. The molecule has 0 spiro atoms. The van der Waals surface area contributed by atoms with E-state index in [2.05, 4.69) is 5.32 Å². The molecule has 1 saturated heterocycles. The molecule has 0 bridgehead atoms. The highest BCUT2D eigenvalue weighted by molar-refractivity contribution is 7.80. The van der Waals surface area contributed by atoms with E-state index in [0.29, 0.717) is 73.0 Å². The summed E-state index contributed by atoms with van der Waals surface area (Å²) in [7, 11) is 1.47. The van der Waals surface area contributed by atoms with E-state index in [4.69, 9.17) is 26.4 Å². The molecule has 2 aliphatic heterocycles. The van der Waals surface area contributed by atoms with Crippen molar-refractivity contribution in [2.24, 2.45) is 0 Å². The van der Waals surface area contributed by atoms with E-state index in [9.17, 15) is 14.9 Å². The minimum absolute atomic E-state index is 0.00714. The molecule has 168 valence electrons. The molecule has 0 aromatic heterocycles. The van der Waals surface area contributed by atoms with Gasteiger partial charge in [0.25, 0.3) is 11.6 Å². The first-order valence-electron chi connectivity index (χ1n) is 10.0. The average molecular weight is 458 g/mol. The lowest BCUT2D eigenvalue weighted by molar-refractivity contribution is -0.384. The molecule has 0 unspecified atom stereocenters. The number of nitro benzene ring substituents is 1. The van der Waals surface area contributed by atoms with Gasteiger partial charge in [-0.2, -0.15) is 0 Å². The highest BCUT2D eigenvalue weighted by Crippen LogP contribution is 2.33. The number of ether oxygens (including phenoxy) is 3. The minimum atomic E-state index is -0.414. The monoisotopic (exact) mass is 458 g/mol. The molecule has 1 fully saturated rings. The van der Waals surface area contributed by atoms with E-state index in [1.807, 2.05) is 9.80 Å². The molecule has 32 heavy (non-hydrogen) atoms. The van der Waals surface area contributed by atoms with Crippen LogP contribution in [0.3, 0.4) is 0 Å². The zero-order valence-corrected chi connectivity index (χ0v) is 18.2. The van der Waals surface area contributed by atoms with Gasteiger partial charge in [-0.15, -0.1) is 0 Å². The SMILES string of the molecule is COc1ccc(N2CCN(C(=S)NC(=O)c3ccc4c(c3)OCCO4)CC2)c([N+](=O)[O-])c1. The summed E-state index contributed by atoms with van der Waals surface area (Å²) in [6.07, 6.45) is 0. The van der Waals surface area contributed by atoms with Gasteiger partial charge in [-0.1, -0.05) is 0 Å². The number of benzene rings is 2. The van der Waals surface area contributed by atoms with Gasteiger partial charge >= 0.3 is 0 Å². The van der Waals surface area contributed by atoms with Gasteiger partial charge in [0.15, 0.2) is 16.6 Å². The molecule has 2 aliphatic rings. The topological polar surface area (TPSA) is 106 Å². The van der Waals surface area contributed by atoms with Crippen molar-refractivity contribution in [1.82, 2.24) is 10.2 Å². The average Bonchev–Trinajstić information content (AvgIpc) is 2.83. The Hall–Kier alpha value is -3.60. The third-order valence-electron chi connectivity index (χ3n) is 5.31. The largest absolute Gasteiger partial charge is 0.496 e. The number of hydrogen-bond acceptors (Lipinski definition) is 8. The number of piperazine rings is 1. The van der Waals surface area contributed by atoms with Crippen molar-refractivity contribution in [3.63, 3.8) is 0 Å². The van der Waals surface area contributed by atoms with Crippen molar-refractivity contribution in [1.29, 1.82) is 0 Å². The van der Waals surface area contributed by atoms with Crippen LogP contribution in [0, 0.1) is 10.1 Å². The van der Waals surface area contributed by atoms with Gasteiger partial charge in [-0.3, -0.25) is 20.2 Å². The molecule has 0 saturated carbocycles. The maximum Gasteiger partial charge on any atom is 0.296 e. The molecular formula is C21H22N4O6S. The third kappa shape index (κ3) is 4.52. The second kappa shape index (κ2) is 9.27. The van der Waals surface area contributed by atoms with Crippen LogP contribution in [-0.2, 0) is 0 Å². The van der Waals surface area contributed by atoms with Crippen molar-refractivity contribution in [2.75, 3.05) is 51.4 Å². The second-order valence-electron chi connectivity index (χ2n) is 7.20. The Kier molecular flexibility index (Phi) is 6.26. The lowest BCUT2D eigenvalue weighted by Crippen LogP contribution is -2.52. The van der Waals surface area contributed by atoms with Crippen LogP contribution in [0.1, 0.15) is 10.4 Å². The number of nitrogens with one attached hydrogen (secondary N) is 1. The summed E-state index contributed by atoms with van der Waals surface area (Å²) in [5, 5.41) is 14.5. The Balaban J connectivity index is 1.37. The second-order valence-corrected chi connectivity index (χ2v) is 7.59. The molecular weight excluding hydrogens is 436 g/mol. The number of fused-ring (bicyclic) bond motifs is 1. The fourth-order valence-corrected chi connectivity index (χ4v) is 3.90. The molecule has 1 N–H and O–H groups in total. The van der Waals surface area contributed by atoms with E-state index in [1.54, 1.807) is 30.3 Å². The summed E-state index contributed by atoms with van der Waals surface area (Å²) in [5.41, 5.74) is 0.943. The zero-order chi connectivity index (χ0) is 22.7. The standard InChI is InChI=1S/C21H22N4O6S/c1-29-15-3-4-16(17(13-15)25(27)28)23-6-8-24(9-7-23)21(32)22-20(26)14-2-5-18-19(12-14)31-11-10-30-18/h2-5,12-13H,6-11H2,1H3,(H,22,26,32). The maximum atomic E-state index is 12.6. The molecule has 0 aliphatic carbocycles. The van der Waals surface area contributed by atoms with E-state index >= 15 is 0 Å². The lowest BCUT2D eigenvalue weighted by atomic mass is 10.2. The number of nitro groups is 1. The smallest absolute Gasteiger partial charge is 0.296 e. The number of anilines is 1. The van der Waals surface area contributed by atoms with E-state index < -0.39 is 4.92 Å². The van der Waals surface area contributed by atoms with Crippen molar-refractivity contribution in [3.05, 3.63) is 52.1 Å². The molecule has 4 rings (SSSR count). The number of methoxy groups -OCH3 is 1. The highest BCUT2D eigenvalue weighted by atomic mass is 32.1. The number of rotatable bonds is 4. The number of carbonyl (C=O) groups excluding carboxylic acids is 1. The van der Waals surface area contributed by atoms with Crippen LogP contribution in [0.2, 0.25) is 0 Å². The van der Waals surface area contributed by atoms with Gasteiger partial charge in [0, 0.05) is 31.7 Å². The number of hydrogen-bond donors (Lipinski definition) is 1. The first-order chi connectivity index (χ1) is 15.5. The van der Waals surface area contributed by atoms with Crippen LogP contribution in [0.5, 0.6) is 17.2 Å². The normalized spacial score (nSPS) is 15.2. The Morgan fingerprint density at radius 3 is 2.50 bits per heavy atom. The summed E-state index contributed by atoms with van der Waals surface area (Å²) in [6.45, 7) is 2.99. The zero-order valence-electron chi connectivity index (χ0n) is 17.4. The van der Waals surface area contributed by atoms with Crippen LogP contribution in [0.25, 0.3) is 0 Å². The number of nitrogens with zero attached hydrogens (tertiary/aromatic N) is 3. The lowest BCUT2D eigenvalue weighted by Gasteiger charge is -2.37. The Morgan fingerprint density at radius 2 is 1.81 bits per heavy atom. The van der Waals surface area contributed by atoms with Gasteiger partial charge in [-0.05, 0) is 42.5 Å². The maximum absolute atomic E-state index is 12.6. The predicted octanol–water partition coefficient (Wildman–Crippen LogP) is 2.21. The van der Waals surface area contributed by atoms with Crippen LogP contribution < -0.4 is 24.4 Å². The fourth-order valence-electron chi connectivity index (χ4n) is 3.63. The van der Waals surface area contributed by atoms with E-state index in [-0.39, 0.29) is 11.6 Å². The number of thiocarbonyl (C=S) groups is 1. The van der Waals surface area contributed by atoms with Crippen LogP contribution in [-0.4, -0.2) is 67.3 Å². The summed E-state index contributed by atoms with van der Waals surface area (Å²) < 4.78 is 16.1. The molecule has 0 radical (unpaired) electrons. The summed E-state index contributed by atoms with van der Waals surface area (Å²) in [4.78, 5) is 27.5. The van der Waals surface area contributed by atoms with Gasteiger partial charge < -0.3 is 24.0 Å². The minimum Gasteiger partial charge on any atom is -0.496 e. The van der Waals surface area contributed by atoms with Crippen molar-refractivity contribution in [2.45, 2.75) is 0 Å². The molecule has 2 aromatic carbocycles. The molecule has 1 amide bonds. The Morgan fingerprint density at radius 1 is 1.09 bits per heavy atom. The Labute approximate surface area is 189 Å². The fraction of sp³-hybridized carbons (Fsp3) is 0.333. The van der Waals surface area contributed by atoms with Crippen molar-refractivity contribution >= 4 is 34.6 Å². The first kappa shape index (κ1) is 21.6. The highest BCUT2D eigenvalue weighted by Gasteiger charge is 2.26. The van der Waals surface area contributed by atoms with Crippen LogP contribution in [0.4, 0.5) is 11.4 Å². The summed E-state index contributed by atoms with van der Waals surface area (Å²) in [6, 6.07) is 9.80. The predicted molar refractivity (Wildman–Crippen MR) is 121 cm³/mol. The number of carbonyl (C=O) groups is 1. The molecule has 2 aromatic rings. The molecule has 11 heteroatoms. The molecule has 0 atom stereocenters. The summed E-state index contributed by atoms with van der Waals surface area (Å²) in [5.74, 6) is 1.24. The van der Waals surface area contributed by atoms with Crippen molar-refractivity contribution in [3.8, 4) is 17.2 Å². The Bertz CT molecular complexity index is 1050. The van der Waals surface area contributed by atoms with Gasteiger partial charge in [0.1, 0.15) is 24.7 Å². The quantitative estimate of drug-likeness (QED) is 0.419. The number of amides is 1. The van der Waals surface area contributed by atoms with Crippen molar-refractivity contribution < 1.29 is 23.9 Å². The van der Waals surface area contributed by atoms with Crippen LogP contribution in [0.15, 0.2) is 36.4 Å². The van der Waals surface area contributed by atoms with E-state index in [1.165, 1.54) is 13.2 Å². The van der Waals surface area contributed by atoms with E-state index in [0.717, 1.165) is 0 Å². The van der Waals surface area contributed by atoms with Crippen LogP contribution >= 0.6 is 12.2 Å². The molecule has 2 heterocycles. The third-order valence-corrected chi connectivity index (χ3v) is 5.67.